The van der Waals surface area contributed by atoms with Crippen LogP contribution >= 0.6 is 0 Å². The standard InChI is InChI=1S/C20H34N2O4/c1-19(2)14-8-9-20(19,3)17(25)13(14)10-16(24)22-15(11-23)18(26)21-12-6-4-5-7-12/h12-15,17,23,25H,4-11H2,1-3H3,(H,21,26)(H,22,24)/t13?,14?,15-,17?,20?/m0/s1. The molecule has 148 valence electrons. The zero-order chi connectivity index (χ0) is 19.1. The molecule has 6 nitrogen and oxygen atoms in total. The van der Waals surface area contributed by atoms with E-state index in [9.17, 15) is 19.8 Å². The molecule has 26 heavy (non-hydrogen) atoms. The first-order valence-electron chi connectivity index (χ1n) is 10.1. The van der Waals surface area contributed by atoms with Crippen LogP contribution in [0, 0.1) is 22.7 Å². The van der Waals surface area contributed by atoms with Gasteiger partial charge >= 0.3 is 0 Å². The van der Waals surface area contributed by atoms with Gasteiger partial charge in [0.25, 0.3) is 0 Å². The Bertz CT molecular complexity index is 558. The molecule has 3 aliphatic carbocycles. The minimum Gasteiger partial charge on any atom is -0.394 e. The van der Waals surface area contributed by atoms with Gasteiger partial charge in [0.15, 0.2) is 0 Å². The average molecular weight is 367 g/mol. The summed E-state index contributed by atoms with van der Waals surface area (Å²) in [5.41, 5.74) is -0.146. The number of hydrogen-bond acceptors (Lipinski definition) is 4. The summed E-state index contributed by atoms with van der Waals surface area (Å²) in [5.74, 6) is -0.343. The summed E-state index contributed by atoms with van der Waals surface area (Å²) in [4.78, 5) is 24.8. The number of carbonyl (C=O) groups is 2. The molecule has 2 bridgehead atoms. The van der Waals surface area contributed by atoms with Gasteiger partial charge in [0.2, 0.25) is 11.8 Å². The van der Waals surface area contributed by atoms with Gasteiger partial charge in [-0.25, -0.2) is 0 Å². The minimum atomic E-state index is -0.914. The highest BCUT2D eigenvalue weighted by Crippen LogP contribution is 2.68. The Balaban J connectivity index is 1.57. The Morgan fingerprint density at radius 1 is 1.15 bits per heavy atom. The lowest BCUT2D eigenvalue weighted by molar-refractivity contribution is -0.131. The zero-order valence-electron chi connectivity index (χ0n) is 16.3. The number of carbonyl (C=O) groups excluding carboxylic acids is 2. The molecule has 2 amide bonds. The largest absolute Gasteiger partial charge is 0.394 e. The predicted octanol–water partition coefficient (Wildman–Crippen LogP) is 1.35. The van der Waals surface area contributed by atoms with E-state index in [0.717, 1.165) is 38.5 Å². The summed E-state index contributed by atoms with van der Waals surface area (Å²) in [6.07, 6.45) is 5.87. The normalized spacial score (nSPS) is 36.9. The minimum absolute atomic E-state index is 0.00753. The molecule has 4 N–H and O–H groups in total. The summed E-state index contributed by atoms with van der Waals surface area (Å²) in [6, 6.07) is -0.760. The number of nitrogens with one attached hydrogen (secondary N) is 2. The van der Waals surface area contributed by atoms with Crippen LogP contribution in [0.15, 0.2) is 0 Å². The van der Waals surface area contributed by atoms with Crippen molar-refractivity contribution in [3.8, 4) is 0 Å². The van der Waals surface area contributed by atoms with E-state index < -0.39 is 18.8 Å². The van der Waals surface area contributed by atoms with Crippen molar-refractivity contribution in [1.29, 1.82) is 0 Å². The fourth-order valence-electron chi connectivity index (χ4n) is 5.82. The number of hydrogen-bond donors (Lipinski definition) is 4. The number of aliphatic hydroxyl groups is 2. The van der Waals surface area contributed by atoms with Crippen LogP contribution in [0.4, 0.5) is 0 Å². The van der Waals surface area contributed by atoms with E-state index in [-0.39, 0.29) is 41.0 Å². The van der Waals surface area contributed by atoms with Gasteiger partial charge in [-0.2, -0.15) is 0 Å². The second-order valence-electron chi connectivity index (χ2n) is 9.39. The molecule has 0 aromatic heterocycles. The lowest BCUT2D eigenvalue weighted by Gasteiger charge is -2.37. The van der Waals surface area contributed by atoms with Gasteiger partial charge in [0.1, 0.15) is 6.04 Å². The van der Waals surface area contributed by atoms with Crippen LogP contribution in [0.1, 0.15) is 65.7 Å². The smallest absolute Gasteiger partial charge is 0.245 e. The van der Waals surface area contributed by atoms with Crippen LogP contribution < -0.4 is 10.6 Å². The third-order valence-corrected chi connectivity index (χ3v) is 7.91. The molecule has 3 rings (SSSR count). The first-order chi connectivity index (χ1) is 12.2. The Kier molecular flexibility index (Phi) is 5.37. The summed E-state index contributed by atoms with van der Waals surface area (Å²) in [6.45, 7) is 6.10. The highest BCUT2D eigenvalue weighted by molar-refractivity contribution is 5.88. The monoisotopic (exact) mass is 366 g/mol. The van der Waals surface area contributed by atoms with Gasteiger partial charge in [-0.3, -0.25) is 9.59 Å². The Morgan fingerprint density at radius 3 is 2.35 bits per heavy atom. The fraction of sp³-hybridized carbons (Fsp3) is 0.900. The molecule has 0 heterocycles. The van der Waals surface area contributed by atoms with Gasteiger partial charge < -0.3 is 20.8 Å². The van der Waals surface area contributed by atoms with E-state index in [2.05, 4.69) is 31.4 Å². The molecule has 0 aliphatic heterocycles. The Morgan fingerprint density at radius 2 is 1.81 bits per heavy atom. The highest BCUT2D eigenvalue weighted by atomic mass is 16.3. The molecule has 5 atom stereocenters. The van der Waals surface area contributed by atoms with E-state index >= 15 is 0 Å². The Hall–Kier alpha value is -1.14. The van der Waals surface area contributed by atoms with Crippen molar-refractivity contribution >= 4 is 11.8 Å². The number of rotatable bonds is 6. The van der Waals surface area contributed by atoms with Crippen LogP contribution in [0.25, 0.3) is 0 Å². The van der Waals surface area contributed by atoms with Crippen molar-refractivity contribution in [3.63, 3.8) is 0 Å². The molecular formula is C20H34N2O4. The number of amides is 2. The second kappa shape index (κ2) is 7.12. The fourth-order valence-corrected chi connectivity index (χ4v) is 5.82. The first kappa shape index (κ1) is 19.6. The number of aliphatic hydroxyl groups excluding tert-OH is 2. The molecule has 3 aliphatic rings. The maximum atomic E-state index is 12.5. The molecule has 4 unspecified atom stereocenters. The molecule has 3 fully saturated rings. The third-order valence-electron chi connectivity index (χ3n) is 7.91. The molecular weight excluding hydrogens is 332 g/mol. The molecule has 0 aromatic carbocycles. The van der Waals surface area contributed by atoms with Gasteiger partial charge in [-0.05, 0) is 48.3 Å². The van der Waals surface area contributed by atoms with Crippen molar-refractivity contribution in [2.75, 3.05) is 6.61 Å². The van der Waals surface area contributed by atoms with Crippen LogP contribution in [-0.2, 0) is 9.59 Å². The van der Waals surface area contributed by atoms with Crippen LogP contribution in [0.5, 0.6) is 0 Å². The van der Waals surface area contributed by atoms with Crippen molar-refractivity contribution in [2.24, 2.45) is 22.7 Å². The van der Waals surface area contributed by atoms with E-state index in [1.54, 1.807) is 0 Å². The lowest BCUT2D eigenvalue weighted by Crippen LogP contribution is -2.51. The maximum Gasteiger partial charge on any atom is 0.245 e. The molecule has 0 aromatic rings. The van der Waals surface area contributed by atoms with E-state index in [0.29, 0.717) is 5.92 Å². The molecule has 0 radical (unpaired) electrons. The van der Waals surface area contributed by atoms with Crippen LogP contribution in [0.3, 0.4) is 0 Å². The first-order valence-corrected chi connectivity index (χ1v) is 10.1. The van der Waals surface area contributed by atoms with E-state index in [1.807, 2.05) is 0 Å². The van der Waals surface area contributed by atoms with Crippen LogP contribution in [-0.4, -0.2) is 46.8 Å². The molecule has 6 heteroatoms. The zero-order valence-corrected chi connectivity index (χ0v) is 16.3. The average Bonchev–Trinajstić information content (AvgIpc) is 3.20. The summed E-state index contributed by atoms with van der Waals surface area (Å²) in [5, 5.41) is 25.9. The van der Waals surface area contributed by atoms with Crippen molar-refractivity contribution in [1.82, 2.24) is 10.6 Å². The van der Waals surface area contributed by atoms with Gasteiger partial charge in [0.05, 0.1) is 12.7 Å². The van der Waals surface area contributed by atoms with Crippen molar-refractivity contribution in [3.05, 3.63) is 0 Å². The maximum absolute atomic E-state index is 12.5. The predicted molar refractivity (Wildman–Crippen MR) is 98.1 cm³/mol. The lowest BCUT2D eigenvalue weighted by atomic mass is 9.70. The quantitative estimate of drug-likeness (QED) is 0.570. The van der Waals surface area contributed by atoms with Gasteiger partial charge in [0, 0.05) is 12.5 Å². The number of fused-ring (bicyclic) bond motifs is 2. The molecule has 0 spiro atoms. The third kappa shape index (κ3) is 3.15. The van der Waals surface area contributed by atoms with E-state index in [1.165, 1.54) is 0 Å². The van der Waals surface area contributed by atoms with Gasteiger partial charge in [-0.15, -0.1) is 0 Å². The molecule has 3 saturated carbocycles. The van der Waals surface area contributed by atoms with Crippen LogP contribution in [0.2, 0.25) is 0 Å². The topological polar surface area (TPSA) is 98.7 Å². The molecule has 0 saturated heterocycles. The summed E-state index contributed by atoms with van der Waals surface area (Å²) < 4.78 is 0. The van der Waals surface area contributed by atoms with E-state index in [4.69, 9.17) is 0 Å². The van der Waals surface area contributed by atoms with Gasteiger partial charge in [-0.1, -0.05) is 33.6 Å². The van der Waals surface area contributed by atoms with Crippen molar-refractivity contribution in [2.45, 2.75) is 83.9 Å². The summed E-state index contributed by atoms with van der Waals surface area (Å²) >= 11 is 0. The highest BCUT2D eigenvalue weighted by Gasteiger charge is 2.65. The second-order valence-corrected chi connectivity index (χ2v) is 9.39. The Labute approximate surface area is 156 Å². The van der Waals surface area contributed by atoms with Crippen molar-refractivity contribution < 1.29 is 19.8 Å². The SMILES string of the molecule is CC1(C)C2CCC1(C)C(O)C2CC(=O)N[C@@H](CO)C(=O)NC1CCCC1. The summed E-state index contributed by atoms with van der Waals surface area (Å²) in [7, 11) is 0.